The second-order valence-corrected chi connectivity index (χ2v) is 5.05. The smallest absolute Gasteiger partial charge is 0.335 e. The van der Waals surface area contributed by atoms with Crippen molar-refractivity contribution in [2.75, 3.05) is 6.54 Å². The van der Waals surface area contributed by atoms with E-state index in [0.29, 0.717) is 18.2 Å². The van der Waals surface area contributed by atoms with Crippen LogP contribution >= 0.6 is 0 Å². The minimum Gasteiger partial charge on any atom is -0.478 e. The van der Waals surface area contributed by atoms with Gasteiger partial charge in [-0.2, -0.15) is 0 Å². The summed E-state index contributed by atoms with van der Waals surface area (Å²) in [6, 6.07) is 17.4. The van der Waals surface area contributed by atoms with E-state index in [1.54, 1.807) is 30.3 Å². The van der Waals surface area contributed by atoms with Gasteiger partial charge >= 0.3 is 5.97 Å². The Morgan fingerprint density at radius 3 is 2.50 bits per heavy atom. The molecule has 1 unspecified atom stereocenters. The highest BCUT2D eigenvalue weighted by Crippen LogP contribution is 2.30. The van der Waals surface area contributed by atoms with Crippen LogP contribution in [0.5, 0.6) is 0 Å². The number of carboxylic acids is 1. The van der Waals surface area contributed by atoms with Crippen molar-refractivity contribution in [3.63, 3.8) is 0 Å². The van der Waals surface area contributed by atoms with Gasteiger partial charge in [0.05, 0.1) is 12.1 Å². The molecule has 0 saturated carbocycles. The van der Waals surface area contributed by atoms with E-state index < -0.39 is 5.97 Å². The van der Waals surface area contributed by atoms with E-state index in [2.05, 4.69) is 35.5 Å². The molecule has 1 aliphatic carbocycles. The molecular weight excluding hydrogens is 274 g/mol. The molecule has 2 aromatic rings. The molecule has 0 fully saturated rings. The summed E-state index contributed by atoms with van der Waals surface area (Å²) in [7, 11) is 0. The van der Waals surface area contributed by atoms with Crippen molar-refractivity contribution < 1.29 is 9.90 Å². The molecule has 0 aromatic heterocycles. The summed E-state index contributed by atoms with van der Waals surface area (Å²) in [5.41, 5.74) is 3.23. The Bertz CT molecular complexity index is 659. The molecule has 3 rings (SSSR count). The number of aromatic carboxylic acids is 1. The molecule has 0 amide bonds. The van der Waals surface area contributed by atoms with Crippen molar-refractivity contribution in [3.8, 4) is 12.3 Å². The predicted octanol–water partition coefficient (Wildman–Crippen LogP) is 3.28. The minimum atomic E-state index is -0.879. The van der Waals surface area contributed by atoms with Crippen LogP contribution in [0.1, 0.15) is 33.9 Å². The lowest BCUT2D eigenvalue weighted by Gasteiger charge is -2.10. The fraction of sp³-hybridized carbons (Fsp3) is 0.211. The average Bonchev–Trinajstić information content (AvgIpc) is 2.97. The molecule has 3 nitrogen and oxygen atoms in total. The molecule has 1 atom stereocenters. The largest absolute Gasteiger partial charge is 0.478 e. The summed E-state index contributed by atoms with van der Waals surface area (Å²) in [4.78, 5) is 10.2. The fourth-order valence-electron chi connectivity index (χ4n) is 2.53. The number of hydrogen-bond donors (Lipinski definition) is 2. The van der Waals surface area contributed by atoms with Crippen LogP contribution in [-0.2, 0) is 6.42 Å². The first-order valence-corrected chi connectivity index (χ1v) is 7.25. The van der Waals surface area contributed by atoms with Crippen LogP contribution in [0.15, 0.2) is 54.6 Å². The summed E-state index contributed by atoms with van der Waals surface area (Å²) >= 11 is 0. The Kier molecular flexibility index (Phi) is 5.76. The van der Waals surface area contributed by atoms with Gasteiger partial charge in [-0.3, -0.25) is 5.32 Å². The fourth-order valence-corrected chi connectivity index (χ4v) is 2.53. The third kappa shape index (κ3) is 4.21. The number of aryl methyl sites for hydroxylation is 1. The molecule has 0 saturated heterocycles. The van der Waals surface area contributed by atoms with Crippen molar-refractivity contribution in [2.45, 2.75) is 18.9 Å². The summed E-state index contributed by atoms with van der Waals surface area (Å²) in [6.45, 7) is 0.666. The molecule has 112 valence electrons. The normalized spacial score (nSPS) is 15.1. The van der Waals surface area contributed by atoms with E-state index in [9.17, 15) is 4.79 Å². The van der Waals surface area contributed by atoms with Crippen molar-refractivity contribution in [3.05, 3.63) is 71.3 Å². The first-order chi connectivity index (χ1) is 10.7. The van der Waals surface area contributed by atoms with Gasteiger partial charge in [0.15, 0.2) is 0 Å². The van der Waals surface area contributed by atoms with Crippen molar-refractivity contribution >= 4 is 5.97 Å². The maximum atomic E-state index is 10.2. The van der Waals surface area contributed by atoms with E-state index in [4.69, 9.17) is 11.5 Å². The highest BCUT2D eigenvalue weighted by molar-refractivity contribution is 5.87. The quantitative estimate of drug-likeness (QED) is 0.854. The number of benzene rings is 2. The van der Waals surface area contributed by atoms with Gasteiger partial charge in [-0.15, -0.1) is 6.42 Å². The average molecular weight is 293 g/mol. The third-order valence-electron chi connectivity index (χ3n) is 3.60. The zero-order chi connectivity index (χ0) is 15.8. The lowest BCUT2D eigenvalue weighted by molar-refractivity contribution is 0.0697. The molecule has 0 spiro atoms. The molecule has 0 heterocycles. The van der Waals surface area contributed by atoms with Crippen LogP contribution in [0, 0.1) is 12.3 Å². The van der Waals surface area contributed by atoms with Crippen LogP contribution in [0.2, 0.25) is 0 Å². The number of carboxylic acid groups (broad SMARTS) is 1. The standard InChI is InChI=1S/C12H13N.C7H6O2/c1-2-9-13-12-8-7-10-5-3-4-6-11(10)12;8-7(9)6-4-2-1-3-5-6/h1,3-6,12-13H,7-9H2;1-5H,(H,8,9). The van der Waals surface area contributed by atoms with Crippen molar-refractivity contribution in [1.82, 2.24) is 5.32 Å². The van der Waals surface area contributed by atoms with Crippen LogP contribution in [0.4, 0.5) is 0 Å². The molecule has 0 radical (unpaired) electrons. The maximum Gasteiger partial charge on any atom is 0.335 e. The third-order valence-corrected chi connectivity index (χ3v) is 3.60. The van der Waals surface area contributed by atoms with Crippen molar-refractivity contribution in [1.29, 1.82) is 0 Å². The highest BCUT2D eigenvalue weighted by atomic mass is 16.4. The number of rotatable bonds is 3. The number of fused-ring (bicyclic) bond motifs is 1. The Balaban J connectivity index is 0.000000172. The van der Waals surface area contributed by atoms with Crippen LogP contribution in [0.25, 0.3) is 0 Å². The predicted molar refractivity (Wildman–Crippen MR) is 87.7 cm³/mol. The maximum absolute atomic E-state index is 10.2. The van der Waals surface area contributed by atoms with Crippen LogP contribution in [0.3, 0.4) is 0 Å². The zero-order valence-corrected chi connectivity index (χ0v) is 12.3. The SMILES string of the molecule is C#CCNC1CCc2ccccc21.O=C(O)c1ccccc1. The highest BCUT2D eigenvalue weighted by Gasteiger charge is 2.20. The number of carbonyl (C=O) groups is 1. The second-order valence-electron chi connectivity index (χ2n) is 5.05. The van der Waals surface area contributed by atoms with Gasteiger partial charge in [0.1, 0.15) is 0 Å². The Morgan fingerprint density at radius 1 is 1.18 bits per heavy atom. The van der Waals surface area contributed by atoms with Crippen molar-refractivity contribution in [2.24, 2.45) is 0 Å². The number of terminal acetylenes is 1. The van der Waals surface area contributed by atoms with E-state index in [0.717, 1.165) is 0 Å². The monoisotopic (exact) mass is 293 g/mol. The first kappa shape index (κ1) is 15.8. The Morgan fingerprint density at radius 2 is 1.86 bits per heavy atom. The minimum absolute atomic E-state index is 0.331. The van der Waals surface area contributed by atoms with Gasteiger partial charge in [0.25, 0.3) is 0 Å². The van der Waals surface area contributed by atoms with Gasteiger partial charge in [-0.1, -0.05) is 48.4 Å². The van der Waals surface area contributed by atoms with Crippen LogP contribution < -0.4 is 5.32 Å². The van der Waals surface area contributed by atoms with E-state index in [1.807, 2.05) is 0 Å². The number of nitrogens with one attached hydrogen (secondary N) is 1. The molecule has 0 bridgehead atoms. The van der Waals surface area contributed by atoms with Gasteiger partial charge in [0.2, 0.25) is 0 Å². The van der Waals surface area contributed by atoms with E-state index in [1.165, 1.54) is 24.0 Å². The zero-order valence-electron chi connectivity index (χ0n) is 12.3. The molecule has 2 N–H and O–H groups in total. The summed E-state index contributed by atoms with van der Waals surface area (Å²) in [5.74, 6) is 1.74. The molecule has 2 aromatic carbocycles. The summed E-state index contributed by atoms with van der Waals surface area (Å²) in [5, 5.41) is 11.7. The molecule has 22 heavy (non-hydrogen) atoms. The lowest BCUT2D eigenvalue weighted by Crippen LogP contribution is -2.19. The topological polar surface area (TPSA) is 49.3 Å². The van der Waals surface area contributed by atoms with Gasteiger partial charge < -0.3 is 5.11 Å². The molecule has 0 aliphatic heterocycles. The van der Waals surface area contributed by atoms with E-state index in [-0.39, 0.29) is 0 Å². The Hall–Kier alpha value is -2.57. The summed E-state index contributed by atoms with van der Waals surface area (Å²) < 4.78 is 0. The molecule has 1 aliphatic rings. The Labute approximate surface area is 131 Å². The van der Waals surface area contributed by atoms with Gasteiger partial charge in [-0.25, -0.2) is 4.79 Å². The molecule has 3 heteroatoms. The van der Waals surface area contributed by atoms with E-state index >= 15 is 0 Å². The van der Waals surface area contributed by atoms with Gasteiger partial charge in [-0.05, 0) is 36.1 Å². The van der Waals surface area contributed by atoms with Crippen LogP contribution in [-0.4, -0.2) is 17.6 Å². The van der Waals surface area contributed by atoms with Gasteiger partial charge in [0, 0.05) is 6.04 Å². The first-order valence-electron chi connectivity index (χ1n) is 7.25. The second kappa shape index (κ2) is 8.02. The number of hydrogen-bond acceptors (Lipinski definition) is 2. The molecular formula is C19H19NO2. The summed E-state index contributed by atoms with van der Waals surface area (Å²) in [6.07, 6.45) is 7.57. The lowest BCUT2D eigenvalue weighted by atomic mass is 10.1.